The Morgan fingerprint density at radius 2 is 1.71 bits per heavy atom. The molecule has 2 aromatic carbocycles. The number of ether oxygens (including phenoxy) is 1. The lowest BCUT2D eigenvalue weighted by molar-refractivity contribution is -0.148. The highest BCUT2D eigenvalue weighted by atomic mass is 35.5. The molecule has 4 nitrogen and oxygen atoms in total. The molecule has 3 rings (SSSR count). The van der Waals surface area contributed by atoms with Gasteiger partial charge in [0.2, 0.25) is 0 Å². The fourth-order valence-electron chi connectivity index (χ4n) is 3.34. The maximum atomic E-state index is 12.3. The second-order valence-corrected chi connectivity index (χ2v) is 7.44. The van der Waals surface area contributed by atoms with E-state index in [0.29, 0.717) is 24.0 Å². The molecule has 1 amide bonds. The van der Waals surface area contributed by atoms with Crippen LogP contribution in [0.2, 0.25) is 5.02 Å². The first-order chi connectivity index (χ1) is 13.6. The Morgan fingerprint density at radius 3 is 2.39 bits per heavy atom. The standard InChI is InChI=1S/C23H24ClNO3/c24-21-9-6-18(7-10-21)8-11-23(27)28-17-22(26)25-14-12-20(13-15-25)16-19-4-2-1-3-5-19/h1-11,20H,12-17H2/b11-8+. The number of benzene rings is 2. The molecule has 28 heavy (non-hydrogen) atoms. The molecule has 0 saturated carbocycles. The fourth-order valence-corrected chi connectivity index (χ4v) is 3.47. The van der Waals surface area contributed by atoms with Gasteiger partial charge in [0.15, 0.2) is 6.61 Å². The van der Waals surface area contributed by atoms with Crippen molar-refractivity contribution in [1.82, 2.24) is 4.90 Å². The van der Waals surface area contributed by atoms with Gasteiger partial charge in [-0.05, 0) is 54.5 Å². The minimum absolute atomic E-state index is 0.133. The Bertz CT molecular complexity index is 810. The highest BCUT2D eigenvalue weighted by molar-refractivity contribution is 6.30. The van der Waals surface area contributed by atoms with Crippen molar-refractivity contribution in [3.63, 3.8) is 0 Å². The summed E-state index contributed by atoms with van der Waals surface area (Å²) in [7, 11) is 0. The van der Waals surface area contributed by atoms with Crippen molar-refractivity contribution in [2.24, 2.45) is 5.92 Å². The van der Waals surface area contributed by atoms with Crippen LogP contribution in [0.5, 0.6) is 0 Å². The van der Waals surface area contributed by atoms with Gasteiger partial charge < -0.3 is 9.64 Å². The number of esters is 1. The number of hydrogen-bond acceptors (Lipinski definition) is 3. The van der Waals surface area contributed by atoms with Gasteiger partial charge in [0.05, 0.1) is 0 Å². The topological polar surface area (TPSA) is 46.6 Å². The van der Waals surface area contributed by atoms with Gasteiger partial charge in [-0.2, -0.15) is 0 Å². The largest absolute Gasteiger partial charge is 0.452 e. The van der Waals surface area contributed by atoms with Gasteiger partial charge >= 0.3 is 5.97 Å². The van der Waals surface area contributed by atoms with Crippen LogP contribution in [0.25, 0.3) is 6.08 Å². The van der Waals surface area contributed by atoms with Crippen molar-refractivity contribution in [2.75, 3.05) is 19.7 Å². The third-order valence-corrected chi connectivity index (χ3v) is 5.21. The van der Waals surface area contributed by atoms with Crippen LogP contribution in [-0.2, 0) is 20.7 Å². The smallest absolute Gasteiger partial charge is 0.331 e. The van der Waals surface area contributed by atoms with Crippen LogP contribution in [0.15, 0.2) is 60.7 Å². The van der Waals surface area contributed by atoms with Crippen LogP contribution in [0.4, 0.5) is 0 Å². The molecule has 1 aliphatic heterocycles. The zero-order valence-corrected chi connectivity index (χ0v) is 16.5. The van der Waals surface area contributed by atoms with E-state index >= 15 is 0 Å². The van der Waals surface area contributed by atoms with Gasteiger partial charge in [0.25, 0.3) is 5.91 Å². The molecule has 1 aliphatic rings. The number of halogens is 1. The van der Waals surface area contributed by atoms with E-state index in [2.05, 4.69) is 24.3 Å². The fraction of sp³-hybridized carbons (Fsp3) is 0.304. The summed E-state index contributed by atoms with van der Waals surface area (Å²) in [4.78, 5) is 25.9. The SMILES string of the molecule is O=C(/C=C/c1ccc(Cl)cc1)OCC(=O)N1CCC(Cc2ccccc2)CC1. The summed E-state index contributed by atoms with van der Waals surface area (Å²) < 4.78 is 5.08. The molecule has 0 unspecified atom stereocenters. The van der Waals surface area contributed by atoms with E-state index in [1.54, 1.807) is 35.2 Å². The van der Waals surface area contributed by atoms with Gasteiger partial charge in [-0.1, -0.05) is 54.1 Å². The lowest BCUT2D eigenvalue weighted by Crippen LogP contribution is -2.41. The Morgan fingerprint density at radius 1 is 1.04 bits per heavy atom. The minimum Gasteiger partial charge on any atom is -0.452 e. The monoisotopic (exact) mass is 397 g/mol. The van der Waals surface area contributed by atoms with E-state index < -0.39 is 5.97 Å². The Kier molecular flexibility index (Phi) is 7.26. The third kappa shape index (κ3) is 6.24. The van der Waals surface area contributed by atoms with Crippen molar-refractivity contribution in [2.45, 2.75) is 19.3 Å². The van der Waals surface area contributed by atoms with E-state index in [9.17, 15) is 9.59 Å². The quantitative estimate of drug-likeness (QED) is 0.537. The summed E-state index contributed by atoms with van der Waals surface area (Å²) >= 11 is 5.82. The second-order valence-electron chi connectivity index (χ2n) is 7.01. The molecule has 0 spiro atoms. The van der Waals surface area contributed by atoms with E-state index in [4.69, 9.17) is 16.3 Å². The number of likely N-dealkylation sites (tertiary alicyclic amines) is 1. The summed E-state index contributed by atoms with van der Waals surface area (Å²) in [5.74, 6) is -0.0648. The first-order valence-electron chi connectivity index (χ1n) is 9.52. The Labute approximate surface area is 170 Å². The summed E-state index contributed by atoms with van der Waals surface area (Å²) in [6.45, 7) is 1.22. The molecule has 1 fully saturated rings. The average molecular weight is 398 g/mol. The lowest BCUT2D eigenvalue weighted by Gasteiger charge is -2.32. The van der Waals surface area contributed by atoms with Gasteiger partial charge in [0, 0.05) is 24.2 Å². The number of hydrogen-bond donors (Lipinski definition) is 0. The van der Waals surface area contributed by atoms with Crippen molar-refractivity contribution in [1.29, 1.82) is 0 Å². The molecule has 1 heterocycles. The molecular weight excluding hydrogens is 374 g/mol. The van der Waals surface area contributed by atoms with Crippen LogP contribution in [-0.4, -0.2) is 36.5 Å². The molecule has 1 saturated heterocycles. The first-order valence-corrected chi connectivity index (χ1v) is 9.90. The molecule has 0 radical (unpaired) electrons. The normalized spacial score (nSPS) is 15.0. The number of amides is 1. The van der Waals surface area contributed by atoms with Crippen molar-refractivity contribution >= 4 is 29.6 Å². The zero-order valence-electron chi connectivity index (χ0n) is 15.7. The maximum Gasteiger partial charge on any atom is 0.331 e. The molecular formula is C23H24ClNO3. The van der Waals surface area contributed by atoms with Crippen molar-refractivity contribution < 1.29 is 14.3 Å². The summed E-state index contributed by atoms with van der Waals surface area (Å²) in [6, 6.07) is 17.5. The molecule has 0 aromatic heterocycles. The summed E-state index contributed by atoms with van der Waals surface area (Å²) in [6.07, 6.45) is 5.96. The number of piperidine rings is 1. The highest BCUT2D eigenvalue weighted by Crippen LogP contribution is 2.21. The summed E-state index contributed by atoms with van der Waals surface area (Å²) in [5.41, 5.74) is 2.18. The zero-order chi connectivity index (χ0) is 19.8. The predicted molar refractivity (Wildman–Crippen MR) is 111 cm³/mol. The molecule has 0 aliphatic carbocycles. The van der Waals surface area contributed by atoms with Crippen LogP contribution in [0.1, 0.15) is 24.0 Å². The molecule has 0 bridgehead atoms. The van der Waals surface area contributed by atoms with Crippen LogP contribution in [0, 0.1) is 5.92 Å². The van der Waals surface area contributed by atoms with Gasteiger partial charge in [-0.25, -0.2) is 4.79 Å². The lowest BCUT2D eigenvalue weighted by atomic mass is 9.90. The minimum atomic E-state index is -0.526. The molecule has 146 valence electrons. The van der Waals surface area contributed by atoms with Gasteiger partial charge in [0.1, 0.15) is 0 Å². The van der Waals surface area contributed by atoms with Crippen molar-refractivity contribution in [3.05, 3.63) is 76.8 Å². The summed E-state index contributed by atoms with van der Waals surface area (Å²) in [5, 5.41) is 0.637. The molecule has 0 N–H and O–H groups in total. The Balaban J connectivity index is 1.38. The number of nitrogens with zero attached hydrogens (tertiary/aromatic N) is 1. The van der Waals surface area contributed by atoms with Crippen LogP contribution in [0.3, 0.4) is 0 Å². The number of carbonyl (C=O) groups excluding carboxylic acids is 2. The van der Waals surface area contributed by atoms with Gasteiger partial charge in [-0.3, -0.25) is 4.79 Å². The molecule has 2 aromatic rings. The highest BCUT2D eigenvalue weighted by Gasteiger charge is 2.23. The van der Waals surface area contributed by atoms with Crippen LogP contribution < -0.4 is 0 Å². The third-order valence-electron chi connectivity index (χ3n) is 4.95. The molecule has 0 atom stereocenters. The van der Waals surface area contributed by atoms with Gasteiger partial charge in [-0.15, -0.1) is 0 Å². The first kappa shape index (κ1) is 20.2. The van der Waals surface area contributed by atoms with E-state index in [-0.39, 0.29) is 12.5 Å². The van der Waals surface area contributed by atoms with Crippen LogP contribution >= 0.6 is 11.6 Å². The van der Waals surface area contributed by atoms with E-state index in [0.717, 1.165) is 24.8 Å². The Hall–Kier alpha value is -2.59. The number of rotatable bonds is 6. The number of carbonyl (C=O) groups is 2. The van der Waals surface area contributed by atoms with E-state index in [1.165, 1.54) is 11.6 Å². The van der Waals surface area contributed by atoms with E-state index in [1.807, 2.05) is 6.07 Å². The predicted octanol–water partition coefficient (Wildman–Crippen LogP) is 4.38. The maximum absolute atomic E-state index is 12.3. The van der Waals surface area contributed by atoms with Crippen molar-refractivity contribution in [3.8, 4) is 0 Å². The average Bonchev–Trinajstić information content (AvgIpc) is 2.73. The molecule has 5 heteroatoms. The second kappa shape index (κ2) is 10.1.